The quantitative estimate of drug-likeness (QED) is 0.918. The van der Waals surface area contributed by atoms with E-state index in [0.717, 1.165) is 38.2 Å². The van der Waals surface area contributed by atoms with Gasteiger partial charge < -0.3 is 15.5 Å². The van der Waals surface area contributed by atoms with Crippen LogP contribution in [0.1, 0.15) is 16.0 Å². The van der Waals surface area contributed by atoms with E-state index in [2.05, 4.69) is 28.5 Å². The Hall–Kier alpha value is -1.85. The van der Waals surface area contributed by atoms with Crippen molar-refractivity contribution in [2.45, 2.75) is 25.4 Å². The third-order valence-corrected chi connectivity index (χ3v) is 5.78. The molecule has 0 spiro atoms. The van der Waals surface area contributed by atoms with Gasteiger partial charge in [-0.2, -0.15) is 0 Å². The van der Waals surface area contributed by atoms with Crippen molar-refractivity contribution in [3.8, 4) is 0 Å². The fraction of sp³-hybridized carbons (Fsp3) is 0.389. The summed E-state index contributed by atoms with van der Waals surface area (Å²) in [6.07, 6.45) is 1.87. The average molecular weight is 327 g/mol. The minimum atomic E-state index is 0.0996. The molecule has 23 heavy (non-hydrogen) atoms. The minimum Gasteiger partial charge on any atom is -0.360 e. The number of anilines is 1. The molecule has 0 saturated heterocycles. The Balaban J connectivity index is 1.49. The van der Waals surface area contributed by atoms with E-state index in [1.165, 1.54) is 16.0 Å². The molecule has 4 rings (SSSR count). The molecule has 2 aliphatic heterocycles. The molecular weight excluding hydrogens is 306 g/mol. The van der Waals surface area contributed by atoms with Gasteiger partial charge in [-0.1, -0.05) is 18.2 Å². The largest absolute Gasteiger partial charge is 0.360 e. The fourth-order valence-corrected chi connectivity index (χ4v) is 4.48. The predicted octanol–water partition coefficient (Wildman–Crippen LogP) is 2.02. The molecule has 0 radical (unpaired) electrons. The normalized spacial score (nSPS) is 20.1. The molecule has 1 aromatic heterocycles. The summed E-state index contributed by atoms with van der Waals surface area (Å²) in [4.78, 5) is 18.3. The number of rotatable bonds is 2. The summed E-state index contributed by atoms with van der Waals surface area (Å²) in [6.45, 7) is 2.75. The Kier molecular flexibility index (Phi) is 3.83. The monoisotopic (exact) mass is 327 g/mol. The lowest BCUT2D eigenvalue weighted by molar-refractivity contribution is -0.130. The van der Waals surface area contributed by atoms with E-state index < -0.39 is 0 Å². The molecule has 1 amide bonds. The van der Waals surface area contributed by atoms with E-state index in [4.69, 9.17) is 5.73 Å². The van der Waals surface area contributed by atoms with E-state index >= 15 is 0 Å². The van der Waals surface area contributed by atoms with Crippen LogP contribution < -0.4 is 10.6 Å². The van der Waals surface area contributed by atoms with E-state index in [9.17, 15) is 4.79 Å². The van der Waals surface area contributed by atoms with Gasteiger partial charge in [0, 0.05) is 36.2 Å². The van der Waals surface area contributed by atoms with Crippen LogP contribution in [0.2, 0.25) is 0 Å². The number of thiophene rings is 1. The van der Waals surface area contributed by atoms with Crippen LogP contribution in [0.15, 0.2) is 35.7 Å². The first kappa shape index (κ1) is 14.7. The fourth-order valence-electron chi connectivity index (χ4n) is 3.59. The van der Waals surface area contributed by atoms with Crippen molar-refractivity contribution in [2.75, 3.05) is 24.5 Å². The van der Waals surface area contributed by atoms with Crippen LogP contribution >= 0.6 is 11.3 Å². The Morgan fingerprint density at radius 1 is 1.26 bits per heavy atom. The molecule has 2 N–H and O–H groups in total. The number of benzene rings is 1. The summed E-state index contributed by atoms with van der Waals surface area (Å²) in [6, 6.07) is 10.5. The first-order chi connectivity index (χ1) is 11.2. The summed E-state index contributed by atoms with van der Waals surface area (Å²) in [5.41, 5.74) is 9.90. The number of fused-ring (bicyclic) bond motifs is 2. The molecule has 3 heterocycles. The van der Waals surface area contributed by atoms with Gasteiger partial charge in [0.1, 0.15) is 0 Å². The van der Waals surface area contributed by atoms with Crippen LogP contribution in [0, 0.1) is 0 Å². The maximum atomic E-state index is 12.8. The number of carbonyl (C=O) groups is 1. The molecule has 0 saturated carbocycles. The summed E-state index contributed by atoms with van der Waals surface area (Å²) in [7, 11) is 0. The second kappa shape index (κ2) is 5.98. The van der Waals surface area contributed by atoms with E-state index in [1.807, 2.05) is 17.0 Å². The summed E-state index contributed by atoms with van der Waals surface area (Å²) in [5, 5.41) is 2.12. The minimum absolute atomic E-state index is 0.0996. The molecule has 0 bridgehead atoms. The number of carbonyl (C=O) groups excluding carboxylic acids is 1. The molecule has 2 aromatic rings. The lowest BCUT2D eigenvalue weighted by atomic mass is 9.98. The Morgan fingerprint density at radius 2 is 2.13 bits per heavy atom. The summed E-state index contributed by atoms with van der Waals surface area (Å²) >= 11 is 1.80. The topological polar surface area (TPSA) is 49.6 Å². The van der Waals surface area contributed by atoms with Crippen molar-refractivity contribution in [3.63, 3.8) is 0 Å². The number of nitrogens with zero attached hydrogens (tertiary/aromatic N) is 2. The predicted molar refractivity (Wildman–Crippen MR) is 93.8 cm³/mol. The molecule has 1 unspecified atom stereocenters. The molecular formula is C18H21N3OS. The molecule has 0 fully saturated rings. The zero-order chi connectivity index (χ0) is 15.8. The maximum Gasteiger partial charge on any atom is 0.242 e. The Morgan fingerprint density at radius 3 is 3.04 bits per heavy atom. The van der Waals surface area contributed by atoms with Gasteiger partial charge >= 0.3 is 0 Å². The van der Waals surface area contributed by atoms with E-state index in [-0.39, 0.29) is 11.9 Å². The Labute approximate surface area is 140 Å². The third kappa shape index (κ3) is 2.86. The first-order valence-electron chi connectivity index (χ1n) is 8.12. The van der Waals surface area contributed by atoms with Gasteiger partial charge in [-0.25, -0.2) is 0 Å². The zero-order valence-corrected chi connectivity index (χ0v) is 13.9. The Bertz CT molecular complexity index is 727. The van der Waals surface area contributed by atoms with Crippen molar-refractivity contribution >= 4 is 22.9 Å². The van der Waals surface area contributed by atoms with Crippen LogP contribution in [0.4, 0.5) is 5.69 Å². The lowest BCUT2D eigenvalue weighted by Crippen LogP contribution is -2.48. The molecule has 2 aliphatic rings. The molecule has 4 nitrogen and oxygen atoms in total. The van der Waals surface area contributed by atoms with Crippen LogP contribution in [-0.4, -0.2) is 36.5 Å². The molecule has 1 aromatic carbocycles. The van der Waals surface area contributed by atoms with Crippen molar-refractivity contribution in [1.29, 1.82) is 0 Å². The smallest absolute Gasteiger partial charge is 0.242 e. The summed E-state index contributed by atoms with van der Waals surface area (Å²) in [5.74, 6) is 0.200. The SMILES string of the molecule is NC1Cc2ccccc2N(CC(=O)N2CCc3sccc3C2)C1. The van der Waals surface area contributed by atoms with Crippen molar-refractivity contribution < 1.29 is 4.79 Å². The molecule has 120 valence electrons. The van der Waals surface area contributed by atoms with Gasteiger partial charge in [0.15, 0.2) is 0 Å². The molecule has 1 atom stereocenters. The van der Waals surface area contributed by atoms with Crippen LogP contribution in [0.25, 0.3) is 0 Å². The van der Waals surface area contributed by atoms with Gasteiger partial charge in [-0.05, 0) is 41.5 Å². The second-order valence-electron chi connectivity index (χ2n) is 6.41. The summed E-state index contributed by atoms with van der Waals surface area (Å²) < 4.78 is 0. The van der Waals surface area contributed by atoms with Gasteiger partial charge in [0.25, 0.3) is 0 Å². The van der Waals surface area contributed by atoms with E-state index in [0.29, 0.717) is 6.54 Å². The van der Waals surface area contributed by atoms with Crippen molar-refractivity contribution in [2.24, 2.45) is 5.73 Å². The highest BCUT2D eigenvalue weighted by Gasteiger charge is 2.27. The van der Waals surface area contributed by atoms with Crippen molar-refractivity contribution in [3.05, 3.63) is 51.7 Å². The number of hydrogen-bond acceptors (Lipinski definition) is 4. The number of hydrogen-bond donors (Lipinski definition) is 1. The zero-order valence-electron chi connectivity index (χ0n) is 13.1. The highest BCUT2D eigenvalue weighted by atomic mass is 32.1. The highest BCUT2D eigenvalue weighted by molar-refractivity contribution is 7.10. The standard InChI is InChI=1S/C18H21N3OS/c19-15-9-13-3-1-2-4-16(13)21(11-15)12-18(22)20-7-5-17-14(10-20)6-8-23-17/h1-4,6,8,15H,5,7,9-12,19H2. The van der Waals surface area contributed by atoms with E-state index in [1.54, 1.807) is 11.3 Å². The second-order valence-corrected chi connectivity index (χ2v) is 7.41. The van der Waals surface area contributed by atoms with Gasteiger partial charge in [0.2, 0.25) is 5.91 Å². The molecule has 5 heteroatoms. The third-order valence-electron chi connectivity index (χ3n) is 4.76. The van der Waals surface area contributed by atoms with Crippen molar-refractivity contribution in [1.82, 2.24) is 4.90 Å². The van der Waals surface area contributed by atoms with Crippen LogP contribution in [0.5, 0.6) is 0 Å². The number of nitrogens with two attached hydrogens (primary N) is 1. The van der Waals surface area contributed by atoms with Crippen LogP contribution in [-0.2, 0) is 24.2 Å². The van der Waals surface area contributed by atoms with Gasteiger partial charge in [-0.3, -0.25) is 4.79 Å². The first-order valence-corrected chi connectivity index (χ1v) is 9.00. The van der Waals surface area contributed by atoms with Gasteiger partial charge in [-0.15, -0.1) is 11.3 Å². The van der Waals surface area contributed by atoms with Crippen LogP contribution in [0.3, 0.4) is 0 Å². The number of para-hydroxylation sites is 1. The lowest BCUT2D eigenvalue weighted by Gasteiger charge is -2.36. The average Bonchev–Trinajstić information content (AvgIpc) is 3.02. The van der Waals surface area contributed by atoms with Gasteiger partial charge in [0.05, 0.1) is 6.54 Å². The highest BCUT2D eigenvalue weighted by Crippen LogP contribution is 2.27. The molecule has 0 aliphatic carbocycles. The maximum absolute atomic E-state index is 12.8. The number of amides is 1.